The normalized spacial score (nSPS) is 14.6. The molecule has 16 heavy (non-hydrogen) atoms. The van der Waals surface area contributed by atoms with Crippen LogP contribution >= 0.6 is 15.9 Å². The standard InChI is InChI=1S/C11H13BrN2O2/c12-9-3-10(6-13-5-9)16-7-11(15)14-4-8-1-2-8/h3,5-6,8H,1-2,4,7H2,(H,14,15). The molecular formula is C11H13BrN2O2. The van der Waals surface area contributed by atoms with Gasteiger partial charge >= 0.3 is 0 Å². The van der Waals surface area contributed by atoms with Gasteiger partial charge in [0.25, 0.3) is 5.91 Å². The first-order valence-electron chi connectivity index (χ1n) is 5.24. The van der Waals surface area contributed by atoms with Crippen molar-refractivity contribution in [3.63, 3.8) is 0 Å². The third-order valence-corrected chi connectivity index (χ3v) is 2.77. The maximum atomic E-state index is 11.4. The van der Waals surface area contributed by atoms with Gasteiger partial charge < -0.3 is 10.1 Å². The Labute approximate surface area is 103 Å². The number of rotatable bonds is 5. The number of carbonyl (C=O) groups is 1. The van der Waals surface area contributed by atoms with Crippen molar-refractivity contribution in [1.82, 2.24) is 10.3 Å². The second kappa shape index (κ2) is 5.30. The van der Waals surface area contributed by atoms with E-state index < -0.39 is 0 Å². The number of hydrogen-bond acceptors (Lipinski definition) is 3. The number of ether oxygens (including phenoxy) is 1. The maximum absolute atomic E-state index is 11.4. The van der Waals surface area contributed by atoms with Gasteiger partial charge in [0.2, 0.25) is 0 Å². The number of halogens is 1. The number of pyridine rings is 1. The second-order valence-electron chi connectivity index (χ2n) is 3.87. The molecule has 0 spiro atoms. The first-order valence-corrected chi connectivity index (χ1v) is 6.03. The van der Waals surface area contributed by atoms with Crippen molar-refractivity contribution in [2.45, 2.75) is 12.8 Å². The fraction of sp³-hybridized carbons (Fsp3) is 0.455. The topological polar surface area (TPSA) is 51.2 Å². The molecule has 1 aromatic heterocycles. The Hall–Kier alpha value is -1.10. The minimum Gasteiger partial charge on any atom is -0.482 e. The fourth-order valence-electron chi connectivity index (χ4n) is 1.25. The summed E-state index contributed by atoms with van der Waals surface area (Å²) in [6, 6.07) is 1.78. The highest BCUT2D eigenvalue weighted by molar-refractivity contribution is 9.10. The summed E-state index contributed by atoms with van der Waals surface area (Å²) in [5.41, 5.74) is 0. The van der Waals surface area contributed by atoms with Crippen LogP contribution in [0.3, 0.4) is 0 Å². The Kier molecular flexibility index (Phi) is 3.77. The Morgan fingerprint density at radius 2 is 2.38 bits per heavy atom. The fourth-order valence-corrected chi connectivity index (χ4v) is 1.60. The molecule has 1 aromatic rings. The van der Waals surface area contributed by atoms with Crippen molar-refractivity contribution in [2.24, 2.45) is 5.92 Å². The molecule has 0 bridgehead atoms. The van der Waals surface area contributed by atoms with Crippen LogP contribution in [0.25, 0.3) is 0 Å². The first-order chi connectivity index (χ1) is 7.74. The van der Waals surface area contributed by atoms with E-state index in [0.717, 1.165) is 11.0 Å². The minimum atomic E-state index is -0.0770. The summed E-state index contributed by atoms with van der Waals surface area (Å²) in [5, 5.41) is 2.83. The zero-order chi connectivity index (χ0) is 11.4. The molecule has 5 heteroatoms. The summed E-state index contributed by atoms with van der Waals surface area (Å²) in [6.07, 6.45) is 5.71. The Morgan fingerprint density at radius 1 is 1.56 bits per heavy atom. The molecule has 0 atom stereocenters. The van der Waals surface area contributed by atoms with Crippen LogP contribution in [0.2, 0.25) is 0 Å². The van der Waals surface area contributed by atoms with Crippen molar-refractivity contribution >= 4 is 21.8 Å². The molecule has 1 N–H and O–H groups in total. The molecule has 86 valence electrons. The lowest BCUT2D eigenvalue weighted by molar-refractivity contribution is -0.123. The van der Waals surface area contributed by atoms with E-state index in [0.29, 0.717) is 11.7 Å². The summed E-state index contributed by atoms with van der Waals surface area (Å²) >= 11 is 3.28. The zero-order valence-electron chi connectivity index (χ0n) is 8.78. The summed E-state index contributed by atoms with van der Waals surface area (Å²) in [5.74, 6) is 1.21. The van der Waals surface area contributed by atoms with E-state index in [9.17, 15) is 4.79 Å². The monoisotopic (exact) mass is 284 g/mol. The number of aromatic nitrogens is 1. The van der Waals surface area contributed by atoms with Crippen molar-refractivity contribution in [2.75, 3.05) is 13.2 Å². The van der Waals surface area contributed by atoms with Crippen molar-refractivity contribution in [3.05, 3.63) is 22.9 Å². The highest BCUT2D eigenvalue weighted by Gasteiger charge is 2.21. The lowest BCUT2D eigenvalue weighted by atomic mass is 10.4. The Bertz CT molecular complexity index is 380. The Morgan fingerprint density at radius 3 is 3.06 bits per heavy atom. The van der Waals surface area contributed by atoms with Gasteiger partial charge in [-0.25, -0.2) is 0 Å². The predicted octanol–water partition coefficient (Wildman–Crippen LogP) is 1.75. The quantitative estimate of drug-likeness (QED) is 0.896. The summed E-state index contributed by atoms with van der Waals surface area (Å²) < 4.78 is 6.13. The number of nitrogens with zero attached hydrogens (tertiary/aromatic N) is 1. The summed E-state index contributed by atoms with van der Waals surface area (Å²) in [7, 11) is 0. The average molecular weight is 285 g/mol. The SMILES string of the molecule is O=C(COc1cncc(Br)c1)NCC1CC1. The molecule has 0 unspecified atom stereocenters. The van der Waals surface area contributed by atoms with E-state index in [1.807, 2.05) is 0 Å². The number of carbonyl (C=O) groups excluding carboxylic acids is 1. The van der Waals surface area contributed by atoms with Gasteiger partial charge in [-0.2, -0.15) is 0 Å². The first kappa shape index (κ1) is 11.4. The molecule has 1 aliphatic rings. The molecule has 2 rings (SSSR count). The van der Waals surface area contributed by atoms with E-state index >= 15 is 0 Å². The van der Waals surface area contributed by atoms with Crippen LogP contribution in [0, 0.1) is 5.92 Å². The van der Waals surface area contributed by atoms with Gasteiger partial charge in [-0.15, -0.1) is 0 Å². The van der Waals surface area contributed by atoms with E-state index in [1.54, 1.807) is 18.5 Å². The summed E-state index contributed by atoms with van der Waals surface area (Å²) in [4.78, 5) is 15.3. The van der Waals surface area contributed by atoms with Crippen LogP contribution < -0.4 is 10.1 Å². The lowest BCUT2D eigenvalue weighted by Crippen LogP contribution is -2.30. The van der Waals surface area contributed by atoms with Gasteiger partial charge in [0, 0.05) is 17.2 Å². The number of hydrogen-bond donors (Lipinski definition) is 1. The predicted molar refractivity (Wildman–Crippen MR) is 63.2 cm³/mol. The third kappa shape index (κ3) is 3.81. The van der Waals surface area contributed by atoms with Crippen molar-refractivity contribution in [3.8, 4) is 5.75 Å². The molecule has 0 saturated heterocycles. The highest BCUT2D eigenvalue weighted by atomic mass is 79.9. The smallest absolute Gasteiger partial charge is 0.257 e. The van der Waals surface area contributed by atoms with Crippen LogP contribution in [-0.2, 0) is 4.79 Å². The van der Waals surface area contributed by atoms with Gasteiger partial charge in [0.15, 0.2) is 6.61 Å². The van der Waals surface area contributed by atoms with E-state index in [4.69, 9.17) is 4.74 Å². The molecule has 0 radical (unpaired) electrons. The van der Waals surface area contributed by atoms with Gasteiger partial charge in [-0.3, -0.25) is 9.78 Å². The molecule has 1 fully saturated rings. The molecule has 1 heterocycles. The van der Waals surface area contributed by atoms with E-state index in [2.05, 4.69) is 26.2 Å². The maximum Gasteiger partial charge on any atom is 0.257 e. The largest absolute Gasteiger partial charge is 0.482 e. The molecule has 4 nitrogen and oxygen atoms in total. The van der Waals surface area contributed by atoms with Gasteiger partial charge in [-0.05, 0) is 40.8 Å². The molecule has 1 saturated carbocycles. The van der Waals surface area contributed by atoms with Gasteiger partial charge in [0.05, 0.1) is 6.20 Å². The van der Waals surface area contributed by atoms with Crippen molar-refractivity contribution in [1.29, 1.82) is 0 Å². The molecular weight excluding hydrogens is 272 g/mol. The van der Waals surface area contributed by atoms with Gasteiger partial charge in [0.1, 0.15) is 5.75 Å². The Balaban J connectivity index is 1.71. The molecule has 1 aliphatic carbocycles. The van der Waals surface area contributed by atoms with E-state index in [1.165, 1.54) is 12.8 Å². The van der Waals surface area contributed by atoms with Gasteiger partial charge in [-0.1, -0.05) is 0 Å². The minimum absolute atomic E-state index is 0.0465. The molecule has 1 amide bonds. The van der Waals surface area contributed by atoms with Crippen LogP contribution in [0.1, 0.15) is 12.8 Å². The molecule has 0 aliphatic heterocycles. The van der Waals surface area contributed by atoms with Crippen LogP contribution in [-0.4, -0.2) is 24.0 Å². The summed E-state index contributed by atoms with van der Waals surface area (Å²) in [6.45, 7) is 0.823. The lowest BCUT2D eigenvalue weighted by Gasteiger charge is -2.06. The highest BCUT2D eigenvalue weighted by Crippen LogP contribution is 2.27. The third-order valence-electron chi connectivity index (χ3n) is 2.33. The average Bonchev–Trinajstić information content (AvgIpc) is 3.07. The van der Waals surface area contributed by atoms with Crippen LogP contribution in [0.5, 0.6) is 5.75 Å². The zero-order valence-corrected chi connectivity index (χ0v) is 10.4. The van der Waals surface area contributed by atoms with Crippen LogP contribution in [0.4, 0.5) is 0 Å². The number of nitrogens with one attached hydrogen (secondary N) is 1. The van der Waals surface area contributed by atoms with E-state index in [-0.39, 0.29) is 12.5 Å². The second-order valence-corrected chi connectivity index (χ2v) is 4.79. The number of amides is 1. The van der Waals surface area contributed by atoms with Crippen molar-refractivity contribution < 1.29 is 9.53 Å². The van der Waals surface area contributed by atoms with Crippen LogP contribution in [0.15, 0.2) is 22.9 Å². The molecule has 0 aromatic carbocycles.